The minimum Gasteiger partial charge on any atom is -0.444 e. The van der Waals surface area contributed by atoms with E-state index in [0.29, 0.717) is 12.2 Å². The first-order valence-corrected chi connectivity index (χ1v) is 9.24. The van der Waals surface area contributed by atoms with Crippen LogP contribution in [0.25, 0.3) is 10.9 Å². The Morgan fingerprint density at radius 2 is 1.61 bits per heavy atom. The van der Waals surface area contributed by atoms with E-state index in [1.54, 1.807) is 6.07 Å². The molecule has 2 aromatic carbocycles. The Balaban J connectivity index is 1.71. The summed E-state index contributed by atoms with van der Waals surface area (Å²) in [6.07, 6.45) is -0.262. The molecule has 0 aliphatic heterocycles. The predicted octanol–water partition coefficient (Wildman–Crippen LogP) is 4.68. The van der Waals surface area contributed by atoms with Crippen LogP contribution in [0.3, 0.4) is 0 Å². The van der Waals surface area contributed by atoms with Crippen molar-refractivity contribution in [3.05, 3.63) is 77.5 Å². The number of ketones is 1. The molecule has 1 aromatic heterocycles. The molecule has 0 radical (unpaired) electrons. The smallest absolute Gasteiger partial charge is 0.407 e. The molecule has 1 heterocycles. The molecule has 5 nitrogen and oxygen atoms in total. The van der Waals surface area contributed by atoms with Crippen LogP contribution in [0.2, 0.25) is 0 Å². The molecule has 0 atom stereocenters. The Hall–Kier alpha value is -3.21. The molecule has 5 heteroatoms. The first-order chi connectivity index (χ1) is 13.3. The van der Waals surface area contributed by atoms with Gasteiger partial charge in [0.1, 0.15) is 11.3 Å². The van der Waals surface area contributed by atoms with Crippen LogP contribution in [0.1, 0.15) is 42.4 Å². The topological polar surface area (TPSA) is 68.3 Å². The summed E-state index contributed by atoms with van der Waals surface area (Å²) < 4.78 is 5.26. The van der Waals surface area contributed by atoms with Crippen LogP contribution in [0.5, 0.6) is 0 Å². The third kappa shape index (κ3) is 5.16. The van der Waals surface area contributed by atoms with Crippen molar-refractivity contribution in [1.29, 1.82) is 0 Å². The summed E-state index contributed by atoms with van der Waals surface area (Å²) in [4.78, 5) is 29.1. The van der Waals surface area contributed by atoms with Gasteiger partial charge in [0, 0.05) is 18.4 Å². The summed E-state index contributed by atoms with van der Waals surface area (Å²) in [6, 6.07) is 18.9. The molecular weight excluding hydrogens is 352 g/mol. The van der Waals surface area contributed by atoms with Crippen molar-refractivity contribution in [3.8, 4) is 0 Å². The van der Waals surface area contributed by atoms with Gasteiger partial charge in [-0.25, -0.2) is 9.78 Å². The van der Waals surface area contributed by atoms with E-state index in [-0.39, 0.29) is 12.2 Å². The molecule has 3 aromatic rings. The summed E-state index contributed by atoms with van der Waals surface area (Å²) in [7, 11) is 0. The fraction of sp³-hybridized carbons (Fsp3) is 0.261. The van der Waals surface area contributed by atoms with Crippen molar-refractivity contribution in [2.24, 2.45) is 0 Å². The van der Waals surface area contributed by atoms with Crippen molar-refractivity contribution in [2.45, 2.75) is 39.3 Å². The van der Waals surface area contributed by atoms with Gasteiger partial charge < -0.3 is 10.1 Å². The maximum absolute atomic E-state index is 12.8. The Bertz CT molecular complexity index is 1010. The van der Waals surface area contributed by atoms with Gasteiger partial charge in [-0.3, -0.25) is 4.79 Å². The third-order valence-electron chi connectivity index (χ3n) is 4.18. The lowest BCUT2D eigenvalue weighted by Crippen LogP contribution is -2.32. The van der Waals surface area contributed by atoms with E-state index in [0.717, 1.165) is 22.0 Å². The second-order valence-electron chi connectivity index (χ2n) is 7.61. The number of nitrogens with zero attached hydrogens (tertiary/aromatic N) is 1. The molecule has 0 unspecified atom stereocenters. The number of rotatable bonds is 5. The van der Waals surface area contributed by atoms with Crippen LogP contribution in [0.4, 0.5) is 4.79 Å². The van der Waals surface area contributed by atoms with Crippen molar-refractivity contribution in [1.82, 2.24) is 10.3 Å². The van der Waals surface area contributed by atoms with Crippen molar-refractivity contribution < 1.29 is 14.3 Å². The van der Waals surface area contributed by atoms with Crippen LogP contribution >= 0.6 is 0 Å². The zero-order chi connectivity index (χ0) is 20.1. The first-order valence-electron chi connectivity index (χ1n) is 9.24. The lowest BCUT2D eigenvalue weighted by atomic mass is 10.0. The molecule has 0 bridgehead atoms. The third-order valence-corrected chi connectivity index (χ3v) is 4.18. The number of nitrogens with one attached hydrogen (secondary N) is 1. The number of carbonyl (C=O) groups excluding carboxylic acids is 2. The standard InChI is InChI=1S/C23H24N2O3/c1-23(2,3)28-22(27)24-15-18-10-5-4-9-17(18)14-21(26)20-13-12-16-8-6-7-11-19(16)25-20/h4-13H,14-15H2,1-3H3,(H,24,27). The summed E-state index contributed by atoms with van der Waals surface area (Å²) in [6.45, 7) is 5.74. The molecule has 0 aliphatic rings. The minimum atomic E-state index is -0.554. The normalized spacial score (nSPS) is 11.2. The van der Waals surface area contributed by atoms with E-state index in [4.69, 9.17) is 4.74 Å². The highest BCUT2D eigenvalue weighted by Crippen LogP contribution is 2.16. The van der Waals surface area contributed by atoms with Crippen LogP contribution in [0, 0.1) is 0 Å². The average Bonchev–Trinajstić information content (AvgIpc) is 2.65. The largest absolute Gasteiger partial charge is 0.444 e. The van der Waals surface area contributed by atoms with Crippen LogP contribution < -0.4 is 5.32 Å². The Morgan fingerprint density at radius 3 is 2.36 bits per heavy atom. The van der Waals surface area contributed by atoms with E-state index in [9.17, 15) is 9.59 Å². The van der Waals surface area contributed by atoms with Gasteiger partial charge >= 0.3 is 6.09 Å². The maximum atomic E-state index is 12.8. The number of pyridine rings is 1. The van der Waals surface area contributed by atoms with E-state index >= 15 is 0 Å². The van der Waals surface area contributed by atoms with Crippen LogP contribution in [0.15, 0.2) is 60.7 Å². The zero-order valence-electron chi connectivity index (χ0n) is 16.4. The molecule has 1 amide bonds. The molecular formula is C23H24N2O3. The summed E-state index contributed by atoms with van der Waals surface area (Å²) in [5.41, 5.74) is 2.42. The quantitative estimate of drug-likeness (QED) is 0.656. The maximum Gasteiger partial charge on any atom is 0.407 e. The number of ether oxygens (including phenoxy) is 1. The molecule has 0 saturated heterocycles. The van der Waals surface area contributed by atoms with Gasteiger partial charge in [0.25, 0.3) is 0 Å². The van der Waals surface area contributed by atoms with E-state index in [1.165, 1.54) is 0 Å². The Morgan fingerprint density at radius 1 is 0.929 bits per heavy atom. The van der Waals surface area contributed by atoms with Crippen LogP contribution in [-0.2, 0) is 17.7 Å². The number of benzene rings is 2. The van der Waals surface area contributed by atoms with Gasteiger partial charge in [-0.05, 0) is 44.0 Å². The lowest BCUT2D eigenvalue weighted by Gasteiger charge is -2.20. The molecule has 144 valence electrons. The molecule has 0 saturated carbocycles. The molecule has 0 spiro atoms. The molecule has 1 N–H and O–H groups in total. The number of amides is 1. The van der Waals surface area contributed by atoms with Gasteiger partial charge in [-0.15, -0.1) is 0 Å². The summed E-state index contributed by atoms with van der Waals surface area (Å²) in [5, 5.41) is 3.75. The first kappa shape index (κ1) is 19.5. The minimum absolute atomic E-state index is 0.0597. The van der Waals surface area contributed by atoms with Crippen molar-refractivity contribution in [3.63, 3.8) is 0 Å². The Labute approximate surface area is 164 Å². The second-order valence-corrected chi connectivity index (χ2v) is 7.61. The number of para-hydroxylation sites is 1. The van der Waals surface area contributed by atoms with Gasteiger partial charge in [-0.2, -0.15) is 0 Å². The van der Waals surface area contributed by atoms with E-state index in [1.807, 2.05) is 75.4 Å². The van der Waals surface area contributed by atoms with Crippen LogP contribution in [-0.4, -0.2) is 22.5 Å². The summed E-state index contributed by atoms with van der Waals surface area (Å²) in [5.74, 6) is -0.0597. The van der Waals surface area contributed by atoms with Gasteiger partial charge in [0.2, 0.25) is 0 Å². The van der Waals surface area contributed by atoms with Crippen molar-refractivity contribution >= 4 is 22.8 Å². The number of carbonyl (C=O) groups is 2. The fourth-order valence-electron chi connectivity index (χ4n) is 2.87. The monoisotopic (exact) mass is 376 g/mol. The highest BCUT2D eigenvalue weighted by atomic mass is 16.6. The Kier molecular flexibility index (Phi) is 5.73. The second kappa shape index (κ2) is 8.21. The highest BCUT2D eigenvalue weighted by molar-refractivity contribution is 5.97. The fourth-order valence-corrected chi connectivity index (χ4v) is 2.87. The van der Waals surface area contributed by atoms with E-state index < -0.39 is 11.7 Å². The SMILES string of the molecule is CC(C)(C)OC(=O)NCc1ccccc1CC(=O)c1ccc2ccccc2n1. The number of aromatic nitrogens is 1. The van der Waals surface area contributed by atoms with E-state index in [2.05, 4.69) is 10.3 Å². The van der Waals surface area contributed by atoms with Gasteiger partial charge in [0.15, 0.2) is 5.78 Å². The molecule has 0 aliphatic carbocycles. The van der Waals surface area contributed by atoms with Gasteiger partial charge in [-0.1, -0.05) is 48.5 Å². The lowest BCUT2D eigenvalue weighted by molar-refractivity contribution is 0.0523. The summed E-state index contributed by atoms with van der Waals surface area (Å²) >= 11 is 0. The number of fused-ring (bicyclic) bond motifs is 1. The number of hydrogen-bond donors (Lipinski definition) is 1. The number of alkyl carbamates (subject to hydrolysis) is 1. The molecule has 0 fully saturated rings. The predicted molar refractivity (Wildman–Crippen MR) is 109 cm³/mol. The molecule has 3 rings (SSSR count). The molecule has 28 heavy (non-hydrogen) atoms. The zero-order valence-corrected chi connectivity index (χ0v) is 16.4. The number of hydrogen-bond acceptors (Lipinski definition) is 4. The van der Waals surface area contributed by atoms with Gasteiger partial charge in [0.05, 0.1) is 5.52 Å². The number of Topliss-reactive ketones (excluding diaryl/α,β-unsaturated/α-hetero) is 1. The highest BCUT2D eigenvalue weighted by Gasteiger charge is 2.17. The van der Waals surface area contributed by atoms with Crippen molar-refractivity contribution in [2.75, 3.05) is 0 Å². The average molecular weight is 376 g/mol.